The highest BCUT2D eigenvalue weighted by atomic mass is 35.5. The van der Waals surface area contributed by atoms with Crippen LogP contribution in [-0.2, 0) is 9.53 Å². The number of rotatable bonds is 5. The first-order chi connectivity index (χ1) is 13.4. The summed E-state index contributed by atoms with van der Waals surface area (Å²) in [6, 6.07) is 9.83. The Bertz CT molecular complexity index is 1160. The van der Waals surface area contributed by atoms with Crippen LogP contribution in [0, 0.1) is 10.1 Å². The summed E-state index contributed by atoms with van der Waals surface area (Å²) in [4.78, 5) is 46.0. The molecule has 0 saturated carbocycles. The van der Waals surface area contributed by atoms with Crippen LogP contribution in [0.25, 0.3) is 10.8 Å². The predicted molar refractivity (Wildman–Crippen MR) is 99.4 cm³/mol. The molecule has 1 aromatic heterocycles. The summed E-state index contributed by atoms with van der Waals surface area (Å²) in [5, 5.41) is 19.4. The molecule has 0 aliphatic rings. The third-order valence-electron chi connectivity index (χ3n) is 3.66. The fourth-order valence-electron chi connectivity index (χ4n) is 2.38. The van der Waals surface area contributed by atoms with Crippen LogP contribution in [0.1, 0.15) is 10.5 Å². The molecule has 10 nitrogen and oxygen atoms in total. The lowest BCUT2D eigenvalue weighted by Gasteiger charge is -2.08. The molecular weight excluding hydrogens is 392 g/mol. The minimum atomic E-state index is -0.905. The van der Waals surface area contributed by atoms with Crippen molar-refractivity contribution in [2.75, 3.05) is 11.9 Å². The van der Waals surface area contributed by atoms with Crippen molar-refractivity contribution in [2.45, 2.75) is 0 Å². The Labute approximate surface area is 161 Å². The number of esters is 1. The van der Waals surface area contributed by atoms with Gasteiger partial charge >= 0.3 is 5.97 Å². The van der Waals surface area contributed by atoms with Gasteiger partial charge in [-0.15, -0.1) is 0 Å². The maximum atomic E-state index is 12.2. The molecule has 0 spiro atoms. The van der Waals surface area contributed by atoms with Crippen molar-refractivity contribution in [1.29, 1.82) is 0 Å². The Hall–Kier alpha value is -3.79. The maximum Gasteiger partial charge on any atom is 0.359 e. The summed E-state index contributed by atoms with van der Waals surface area (Å²) in [7, 11) is 0. The topological polar surface area (TPSA) is 144 Å². The number of aromatic nitrogens is 2. The first-order valence-electron chi connectivity index (χ1n) is 7.75. The van der Waals surface area contributed by atoms with Gasteiger partial charge in [0.15, 0.2) is 12.3 Å². The molecule has 3 aromatic rings. The second-order valence-corrected chi connectivity index (χ2v) is 5.90. The van der Waals surface area contributed by atoms with E-state index < -0.39 is 29.0 Å². The second kappa shape index (κ2) is 7.84. The molecule has 0 radical (unpaired) electrons. The Balaban J connectivity index is 1.69. The molecular formula is C17H11ClN4O6. The van der Waals surface area contributed by atoms with E-state index in [-0.39, 0.29) is 32.9 Å². The highest BCUT2D eigenvalue weighted by molar-refractivity contribution is 6.34. The van der Waals surface area contributed by atoms with Crippen LogP contribution in [0.2, 0.25) is 5.02 Å². The lowest BCUT2D eigenvalue weighted by molar-refractivity contribution is -0.384. The molecule has 0 bridgehead atoms. The SMILES string of the molecule is O=C(COC(=O)c1n[nH]c(=O)c2ccccc12)Nc1ccc([N+](=O)[O-])cc1Cl. The number of fused-ring (bicyclic) bond motifs is 1. The van der Waals surface area contributed by atoms with Crippen molar-refractivity contribution in [2.24, 2.45) is 0 Å². The van der Waals surface area contributed by atoms with Gasteiger partial charge in [0.1, 0.15) is 0 Å². The summed E-state index contributed by atoms with van der Waals surface area (Å²) in [5.74, 6) is -1.62. The highest BCUT2D eigenvalue weighted by Crippen LogP contribution is 2.26. The highest BCUT2D eigenvalue weighted by Gasteiger charge is 2.17. The number of nitro benzene ring substituents is 1. The van der Waals surface area contributed by atoms with Crippen LogP contribution < -0.4 is 10.9 Å². The smallest absolute Gasteiger partial charge is 0.359 e. The Morgan fingerprint density at radius 2 is 1.93 bits per heavy atom. The van der Waals surface area contributed by atoms with Crippen molar-refractivity contribution < 1.29 is 19.2 Å². The summed E-state index contributed by atoms with van der Waals surface area (Å²) < 4.78 is 4.93. The number of amides is 1. The van der Waals surface area contributed by atoms with Crippen molar-refractivity contribution in [3.05, 3.63) is 73.6 Å². The van der Waals surface area contributed by atoms with Crippen LogP contribution in [0.3, 0.4) is 0 Å². The zero-order chi connectivity index (χ0) is 20.3. The fourth-order valence-corrected chi connectivity index (χ4v) is 2.60. The number of anilines is 1. The number of nitro groups is 1. The van der Waals surface area contributed by atoms with E-state index in [1.807, 2.05) is 0 Å². The van der Waals surface area contributed by atoms with E-state index in [2.05, 4.69) is 15.5 Å². The zero-order valence-corrected chi connectivity index (χ0v) is 14.7. The summed E-state index contributed by atoms with van der Waals surface area (Å²) in [6.07, 6.45) is 0. The first kappa shape index (κ1) is 19.0. The minimum Gasteiger partial charge on any atom is -0.451 e. The van der Waals surface area contributed by atoms with Crippen LogP contribution in [0.4, 0.5) is 11.4 Å². The van der Waals surface area contributed by atoms with Gasteiger partial charge < -0.3 is 10.1 Å². The number of benzene rings is 2. The Morgan fingerprint density at radius 1 is 1.21 bits per heavy atom. The van der Waals surface area contributed by atoms with Gasteiger partial charge in [-0.25, -0.2) is 9.89 Å². The van der Waals surface area contributed by atoms with Crippen molar-refractivity contribution in [3.8, 4) is 0 Å². The van der Waals surface area contributed by atoms with Crippen LogP contribution >= 0.6 is 11.6 Å². The van der Waals surface area contributed by atoms with Gasteiger partial charge in [0.05, 0.1) is 21.0 Å². The zero-order valence-electron chi connectivity index (χ0n) is 14.0. The third kappa shape index (κ3) is 3.96. The van der Waals surface area contributed by atoms with E-state index >= 15 is 0 Å². The van der Waals surface area contributed by atoms with Crippen LogP contribution in [0.5, 0.6) is 0 Å². The van der Waals surface area contributed by atoms with Crippen molar-refractivity contribution >= 4 is 45.6 Å². The molecule has 0 aliphatic carbocycles. The van der Waals surface area contributed by atoms with Gasteiger partial charge in [-0.05, 0) is 12.1 Å². The molecule has 142 valence electrons. The summed E-state index contributed by atoms with van der Waals surface area (Å²) >= 11 is 5.89. The number of nitrogens with one attached hydrogen (secondary N) is 2. The molecule has 0 fully saturated rings. The third-order valence-corrected chi connectivity index (χ3v) is 3.97. The van der Waals surface area contributed by atoms with Gasteiger partial charge in [-0.3, -0.25) is 19.7 Å². The molecule has 28 heavy (non-hydrogen) atoms. The van der Waals surface area contributed by atoms with Gasteiger partial charge in [-0.2, -0.15) is 5.10 Å². The Morgan fingerprint density at radius 3 is 2.61 bits per heavy atom. The van der Waals surface area contributed by atoms with Gasteiger partial charge in [0.2, 0.25) is 0 Å². The lowest BCUT2D eigenvalue weighted by Crippen LogP contribution is -2.22. The van der Waals surface area contributed by atoms with Crippen LogP contribution in [0.15, 0.2) is 47.3 Å². The largest absolute Gasteiger partial charge is 0.451 e. The Kier molecular flexibility index (Phi) is 5.32. The molecule has 3 rings (SSSR count). The van der Waals surface area contributed by atoms with E-state index in [4.69, 9.17) is 16.3 Å². The average Bonchev–Trinajstić information content (AvgIpc) is 2.68. The standard InChI is InChI=1S/C17H11ClN4O6/c18-12-7-9(22(26)27)5-6-13(12)19-14(23)8-28-17(25)15-10-3-1-2-4-11(10)16(24)21-20-15/h1-7H,8H2,(H,19,23)(H,21,24). The molecule has 2 N–H and O–H groups in total. The average molecular weight is 403 g/mol. The number of hydrogen-bond donors (Lipinski definition) is 2. The van der Waals surface area contributed by atoms with Gasteiger partial charge in [0.25, 0.3) is 17.2 Å². The van der Waals surface area contributed by atoms with E-state index in [1.165, 1.54) is 24.3 Å². The first-order valence-corrected chi connectivity index (χ1v) is 8.13. The number of nitrogens with zero attached hydrogens (tertiary/aromatic N) is 2. The predicted octanol–water partition coefficient (Wildman–Crippen LogP) is 2.28. The number of carbonyl (C=O) groups is 2. The molecule has 0 aliphatic heterocycles. The normalized spacial score (nSPS) is 10.5. The monoisotopic (exact) mass is 402 g/mol. The molecule has 0 saturated heterocycles. The number of ether oxygens (including phenoxy) is 1. The summed E-state index contributed by atoms with van der Waals surface area (Å²) in [5.41, 5.74) is -0.708. The fraction of sp³-hybridized carbons (Fsp3) is 0.0588. The number of H-pyrrole nitrogens is 1. The summed E-state index contributed by atoms with van der Waals surface area (Å²) in [6.45, 7) is -0.652. The number of carbonyl (C=O) groups excluding carboxylic acids is 2. The van der Waals surface area contributed by atoms with E-state index in [1.54, 1.807) is 12.1 Å². The van der Waals surface area contributed by atoms with E-state index in [0.29, 0.717) is 0 Å². The molecule has 2 aromatic carbocycles. The van der Waals surface area contributed by atoms with Crippen molar-refractivity contribution in [1.82, 2.24) is 10.2 Å². The van der Waals surface area contributed by atoms with E-state index in [0.717, 1.165) is 6.07 Å². The van der Waals surface area contributed by atoms with Gasteiger partial charge in [0, 0.05) is 17.5 Å². The number of hydrogen-bond acceptors (Lipinski definition) is 7. The van der Waals surface area contributed by atoms with Crippen molar-refractivity contribution in [3.63, 3.8) is 0 Å². The molecule has 11 heteroatoms. The number of halogens is 1. The van der Waals surface area contributed by atoms with E-state index in [9.17, 15) is 24.5 Å². The number of aromatic amines is 1. The maximum absolute atomic E-state index is 12.2. The quantitative estimate of drug-likeness (QED) is 0.378. The molecule has 0 atom stereocenters. The second-order valence-electron chi connectivity index (χ2n) is 5.49. The minimum absolute atomic E-state index is 0.0397. The lowest BCUT2D eigenvalue weighted by atomic mass is 10.1. The molecule has 1 amide bonds. The molecule has 0 unspecified atom stereocenters. The van der Waals surface area contributed by atoms with Gasteiger partial charge in [-0.1, -0.05) is 29.8 Å². The van der Waals surface area contributed by atoms with Crippen LogP contribution in [-0.4, -0.2) is 33.6 Å². The number of non-ortho nitro benzene ring substituents is 1. The molecule has 1 heterocycles.